The van der Waals surface area contributed by atoms with Gasteiger partial charge in [-0.05, 0) is 37.1 Å². The van der Waals surface area contributed by atoms with Crippen LogP contribution in [0.3, 0.4) is 0 Å². The van der Waals surface area contributed by atoms with Crippen molar-refractivity contribution in [2.45, 2.75) is 38.5 Å². The molecule has 6 heteroatoms. The summed E-state index contributed by atoms with van der Waals surface area (Å²) < 4.78 is 40.0. The molecule has 1 amide bonds. The Labute approximate surface area is 121 Å². The van der Waals surface area contributed by atoms with E-state index in [-0.39, 0.29) is 11.7 Å². The fourth-order valence-corrected chi connectivity index (χ4v) is 2.43. The Morgan fingerprint density at radius 2 is 1.48 bits per heavy atom. The lowest BCUT2D eigenvalue weighted by molar-refractivity contribution is -0.274. The molecule has 2 rings (SSSR count). The van der Waals surface area contributed by atoms with Crippen LogP contribution < -0.4 is 4.74 Å². The molecule has 1 saturated heterocycles. The summed E-state index contributed by atoms with van der Waals surface area (Å²) in [5.41, 5.74) is 0.394. The van der Waals surface area contributed by atoms with Crippen LogP contribution in [-0.4, -0.2) is 30.3 Å². The number of hydrogen-bond acceptors (Lipinski definition) is 2. The predicted molar refractivity (Wildman–Crippen MR) is 72.1 cm³/mol. The number of carbonyl (C=O) groups excluding carboxylic acids is 1. The van der Waals surface area contributed by atoms with Gasteiger partial charge in [0.05, 0.1) is 0 Å². The fraction of sp³-hybridized carbons (Fsp3) is 0.533. The molecule has 0 saturated carbocycles. The number of ether oxygens (including phenoxy) is 1. The highest BCUT2D eigenvalue weighted by Gasteiger charge is 2.31. The van der Waals surface area contributed by atoms with Crippen LogP contribution in [0.5, 0.6) is 5.75 Å². The molecule has 1 heterocycles. The second-order valence-electron chi connectivity index (χ2n) is 5.13. The Morgan fingerprint density at radius 3 is 2.00 bits per heavy atom. The van der Waals surface area contributed by atoms with Crippen molar-refractivity contribution in [2.24, 2.45) is 0 Å². The van der Waals surface area contributed by atoms with Crippen molar-refractivity contribution < 1.29 is 22.7 Å². The number of nitrogens with zero attached hydrogens (tertiary/aromatic N) is 1. The van der Waals surface area contributed by atoms with Gasteiger partial charge in [0.1, 0.15) is 5.75 Å². The fourth-order valence-electron chi connectivity index (χ4n) is 2.43. The maximum absolute atomic E-state index is 12.3. The SMILES string of the molecule is O=C(c1ccc(OC(F)(F)F)cc1)N1CCCCCCC1. The summed E-state index contributed by atoms with van der Waals surface area (Å²) in [6, 6.07) is 5.10. The molecule has 3 nitrogen and oxygen atoms in total. The summed E-state index contributed by atoms with van der Waals surface area (Å²) in [7, 11) is 0. The van der Waals surface area contributed by atoms with Crippen LogP contribution in [0, 0.1) is 0 Å². The monoisotopic (exact) mass is 301 g/mol. The summed E-state index contributed by atoms with van der Waals surface area (Å²) in [6.45, 7) is 1.42. The number of likely N-dealkylation sites (tertiary alicyclic amines) is 1. The molecule has 0 spiro atoms. The van der Waals surface area contributed by atoms with Crippen molar-refractivity contribution in [3.8, 4) is 5.75 Å². The van der Waals surface area contributed by atoms with Gasteiger partial charge >= 0.3 is 6.36 Å². The summed E-state index contributed by atoms with van der Waals surface area (Å²) in [4.78, 5) is 14.1. The van der Waals surface area contributed by atoms with Gasteiger partial charge in [-0.25, -0.2) is 0 Å². The van der Waals surface area contributed by atoms with Crippen LogP contribution in [0.1, 0.15) is 42.5 Å². The summed E-state index contributed by atoms with van der Waals surface area (Å²) >= 11 is 0. The lowest BCUT2D eigenvalue weighted by Crippen LogP contribution is -2.33. The Hall–Kier alpha value is -1.72. The molecule has 116 valence electrons. The number of halogens is 3. The molecular weight excluding hydrogens is 283 g/mol. The number of amides is 1. The lowest BCUT2D eigenvalue weighted by Gasteiger charge is -2.25. The minimum absolute atomic E-state index is 0.129. The quantitative estimate of drug-likeness (QED) is 0.826. The van der Waals surface area contributed by atoms with Gasteiger partial charge in [-0.3, -0.25) is 4.79 Å². The van der Waals surface area contributed by atoms with E-state index in [1.165, 1.54) is 30.7 Å². The van der Waals surface area contributed by atoms with Gasteiger partial charge in [-0.2, -0.15) is 0 Å². The first-order chi connectivity index (χ1) is 9.96. The van der Waals surface area contributed by atoms with Crippen molar-refractivity contribution >= 4 is 5.91 Å². The van der Waals surface area contributed by atoms with Crippen molar-refractivity contribution in [3.63, 3.8) is 0 Å². The van der Waals surface area contributed by atoms with Gasteiger partial charge < -0.3 is 9.64 Å². The Kier molecular flexibility index (Phi) is 5.09. The van der Waals surface area contributed by atoms with Crippen molar-refractivity contribution in [1.29, 1.82) is 0 Å². The minimum Gasteiger partial charge on any atom is -0.406 e. The maximum atomic E-state index is 12.3. The number of rotatable bonds is 2. The molecule has 0 aromatic heterocycles. The normalized spacial score (nSPS) is 17.0. The molecule has 0 radical (unpaired) electrons. The average Bonchev–Trinajstić information content (AvgIpc) is 2.36. The van der Waals surface area contributed by atoms with Crippen LogP contribution >= 0.6 is 0 Å². The van der Waals surface area contributed by atoms with Gasteiger partial charge in [-0.15, -0.1) is 13.2 Å². The molecule has 1 aromatic carbocycles. The van der Waals surface area contributed by atoms with Crippen molar-refractivity contribution in [1.82, 2.24) is 4.90 Å². The van der Waals surface area contributed by atoms with E-state index in [1.54, 1.807) is 4.90 Å². The van der Waals surface area contributed by atoms with Gasteiger partial charge in [-0.1, -0.05) is 19.3 Å². The van der Waals surface area contributed by atoms with E-state index in [9.17, 15) is 18.0 Å². The standard InChI is InChI=1S/C15H18F3NO2/c16-15(17,18)21-13-8-6-12(7-9-13)14(20)19-10-4-2-1-3-5-11-19/h6-9H,1-5,10-11H2. The number of benzene rings is 1. The zero-order valence-electron chi connectivity index (χ0n) is 11.7. The Balaban J connectivity index is 2.01. The minimum atomic E-state index is -4.71. The van der Waals surface area contributed by atoms with Crippen LogP contribution in [0.25, 0.3) is 0 Å². The van der Waals surface area contributed by atoms with Gasteiger partial charge in [0.2, 0.25) is 0 Å². The lowest BCUT2D eigenvalue weighted by atomic mass is 10.1. The molecule has 0 bridgehead atoms. The topological polar surface area (TPSA) is 29.5 Å². The second kappa shape index (κ2) is 6.83. The molecule has 0 aliphatic carbocycles. The summed E-state index contributed by atoms with van der Waals surface area (Å²) in [6.07, 6.45) is 0.659. The van der Waals surface area contributed by atoms with Crippen molar-refractivity contribution in [3.05, 3.63) is 29.8 Å². The molecule has 1 aliphatic rings. The maximum Gasteiger partial charge on any atom is 0.573 e. The molecule has 0 unspecified atom stereocenters. The highest BCUT2D eigenvalue weighted by atomic mass is 19.4. The third-order valence-corrected chi connectivity index (χ3v) is 3.48. The van der Waals surface area contributed by atoms with E-state index in [0.717, 1.165) is 25.7 Å². The smallest absolute Gasteiger partial charge is 0.406 e. The molecule has 21 heavy (non-hydrogen) atoms. The highest BCUT2D eigenvalue weighted by molar-refractivity contribution is 5.94. The van der Waals surface area contributed by atoms with Crippen LogP contribution in [-0.2, 0) is 0 Å². The molecule has 1 fully saturated rings. The first-order valence-corrected chi connectivity index (χ1v) is 7.11. The first kappa shape index (κ1) is 15.7. The Morgan fingerprint density at radius 1 is 0.952 bits per heavy atom. The van der Waals surface area contributed by atoms with Crippen LogP contribution in [0.15, 0.2) is 24.3 Å². The molecular formula is C15H18F3NO2. The average molecular weight is 301 g/mol. The van der Waals surface area contributed by atoms with Crippen molar-refractivity contribution in [2.75, 3.05) is 13.1 Å². The second-order valence-corrected chi connectivity index (χ2v) is 5.13. The largest absolute Gasteiger partial charge is 0.573 e. The molecule has 1 aliphatic heterocycles. The number of hydrogen-bond donors (Lipinski definition) is 0. The third kappa shape index (κ3) is 4.95. The van der Waals surface area contributed by atoms with Gasteiger partial charge in [0.25, 0.3) is 5.91 Å². The number of alkyl halides is 3. The zero-order chi connectivity index (χ0) is 15.3. The third-order valence-electron chi connectivity index (χ3n) is 3.48. The van der Waals surface area contributed by atoms with Gasteiger partial charge in [0, 0.05) is 18.7 Å². The van der Waals surface area contributed by atoms with Gasteiger partial charge in [0.15, 0.2) is 0 Å². The van der Waals surface area contributed by atoms with E-state index < -0.39 is 6.36 Å². The van der Waals surface area contributed by atoms with E-state index in [0.29, 0.717) is 18.7 Å². The van der Waals surface area contributed by atoms with E-state index in [4.69, 9.17) is 0 Å². The first-order valence-electron chi connectivity index (χ1n) is 7.11. The van der Waals surface area contributed by atoms with E-state index >= 15 is 0 Å². The van der Waals surface area contributed by atoms with Crippen LogP contribution in [0.2, 0.25) is 0 Å². The van der Waals surface area contributed by atoms with E-state index in [2.05, 4.69) is 4.74 Å². The van der Waals surface area contributed by atoms with E-state index in [1.807, 2.05) is 0 Å². The molecule has 0 atom stereocenters. The predicted octanol–water partition coefficient (Wildman–Crippen LogP) is 3.99. The highest BCUT2D eigenvalue weighted by Crippen LogP contribution is 2.23. The number of carbonyl (C=O) groups is 1. The molecule has 0 N–H and O–H groups in total. The molecule has 1 aromatic rings. The van der Waals surface area contributed by atoms with Crippen LogP contribution in [0.4, 0.5) is 13.2 Å². The summed E-state index contributed by atoms with van der Waals surface area (Å²) in [5.74, 6) is -0.442. The summed E-state index contributed by atoms with van der Waals surface area (Å²) in [5, 5.41) is 0. The zero-order valence-corrected chi connectivity index (χ0v) is 11.7. The Bertz CT molecular complexity index is 463.